The molecule has 1 heterocycles. The molecule has 2 aromatic rings. The maximum Gasteiger partial charge on any atom is 0.460 e. The minimum absolute atomic E-state index is 0.0274. The molecule has 0 aliphatic carbocycles. The standard InChI is InChI=1S/C33H33F17INO2Si/c1-7-14-52-24(51)17-22(20(6)25(52)53)23(16-21-11-9-8-10-12-21)54-55(18(2)3,19(4)5)15-13-26(34,35)27(36,37)28(38,39)29(40,41)30(42,43)31(44,45)32(46,47)33(48,49)50/h1,8-12,17-19,23H,13-16H2,2-6H3. The van der Waals surface area contributed by atoms with Crippen LogP contribution in [0.1, 0.15) is 56.9 Å². The lowest BCUT2D eigenvalue weighted by Gasteiger charge is -2.45. The summed E-state index contributed by atoms with van der Waals surface area (Å²) in [6, 6.07) is 8.07. The quantitative estimate of drug-likeness (QED) is 0.0520. The monoisotopic (exact) mass is 953 g/mol. The molecule has 312 valence electrons. The number of pyridine rings is 1. The fourth-order valence-electron chi connectivity index (χ4n) is 5.90. The highest BCUT2D eigenvalue weighted by molar-refractivity contribution is 14.1. The van der Waals surface area contributed by atoms with Crippen molar-refractivity contribution < 1.29 is 79.1 Å². The Bertz CT molecular complexity index is 1740. The van der Waals surface area contributed by atoms with Crippen LogP contribution in [0.3, 0.4) is 0 Å². The van der Waals surface area contributed by atoms with E-state index >= 15 is 8.78 Å². The van der Waals surface area contributed by atoms with Gasteiger partial charge in [0.05, 0.1) is 16.3 Å². The van der Waals surface area contributed by atoms with Crippen molar-refractivity contribution in [2.45, 2.75) is 125 Å². The maximum absolute atomic E-state index is 15.3. The Hall–Kier alpha value is -2.55. The first kappa shape index (κ1) is 48.6. The van der Waals surface area contributed by atoms with E-state index in [1.54, 1.807) is 52.9 Å². The molecular weight excluding hydrogens is 920 g/mol. The summed E-state index contributed by atoms with van der Waals surface area (Å²) in [6.45, 7) is 6.55. The number of hydrogen-bond acceptors (Lipinski definition) is 2. The number of alkyl halides is 17. The molecule has 0 saturated carbocycles. The fourth-order valence-corrected chi connectivity index (χ4v) is 11.2. The van der Waals surface area contributed by atoms with Gasteiger partial charge in [-0.1, -0.05) is 63.9 Å². The predicted octanol–water partition coefficient (Wildman–Crippen LogP) is 11.9. The van der Waals surface area contributed by atoms with Gasteiger partial charge in [-0.25, -0.2) is 0 Å². The normalized spacial score (nSPS) is 15.1. The molecule has 0 saturated heterocycles. The van der Waals surface area contributed by atoms with Crippen molar-refractivity contribution in [3.05, 3.63) is 67.1 Å². The van der Waals surface area contributed by atoms with Crippen molar-refractivity contribution in [1.82, 2.24) is 4.57 Å². The Morgan fingerprint density at radius 3 is 1.60 bits per heavy atom. The second kappa shape index (κ2) is 16.0. The van der Waals surface area contributed by atoms with Crippen LogP contribution in [0, 0.1) is 23.0 Å². The molecule has 1 unspecified atom stereocenters. The zero-order valence-electron chi connectivity index (χ0n) is 29.2. The van der Waals surface area contributed by atoms with Gasteiger partial charge in [0.15, 0.2) is 8.32 Å². The number of hydrogen-bond donors (Lipinski definition) is 0. The number of halogens is 18. The van der Waals surface area contributed by atoms with E-state index < -0.39 is 91.2 Å². The molecule has 0 aliphatic heterocycles. The van der Waals surface area contributed by atoms with E-state index in [2.05, 4.69) is 5.92 Å². The van der Waals surface area contributed by atoms with Crippen molar-refractivity contribution >= 4 is 30.9 Å². The lowest BCUT2D eigenvalue weighted by molar-refractivity contribution is -0.461. The zero-order chi connectivity index (χ0) is 43.2. The SMILES string of the molecule is C#CCn1c(I)cc(C(Cc2ccccc2)O[Si](CCC(F)(F)C(F)(F)C(F)(F)C(F)(F)C(F)(F)C(F)(F)C(F)(F)C(F)(F)F)(C(C)C)C(C)C)c(C)c1=O. The number of nitrogens with zero attached hydrogens (tertiary/aromatic N) is 1. The third-order valence-electron chi connectivity index (χ3n) is 9.32. The van der Waals surface area contributed by atoms with Crippen molar-refractivity contribution in [2.75, 3.05) is 0 Å². The molecular formula is C33H33F17INO2Si. The van der Waals surface area contributed by atoms with Crippen LogP contribution in [-0.2, 0) is 17.4 Å². The van der Waals surface area contributed by atoms with E-state index in [1.807, 2.05) is 0 Å². The third-order valence-corrected chi connectivity index (χ3v) is 15.9. The van der Waals surface area contributed by atoms with Crippen molar-refractivity contribution in [2.24, 2.45) is 0 Å². The zero-order valence-corrected chi connectivity index (χ0v) is 32.3. The number of aromatic nitrogens is 1. The van der Waals surface area contributed by atoms with E-state index in [4.69, 9.17) is 10.8 Å². The molecule has 1 atom stereocenters. The maximum atomic E-state index is 15.3. The van der Waals surface area contributed by atoms with Gasteiger partial charge in [0.2, 0.25) is 0 Å². The molecule has 1 aromatic carbocycles. The van der Waals surface area contributed by atoms with Gasteiger partial charge in [0.25, 0.3) is 5.56 Å². The summed E-state index contributed by atoms with van der Waals surface area (Å²) in [7, 11) is -4.22. The van der Waals surface area contributed by atoms with E-state index in [9.17, 15) is 70.7 Å². The Morgan fingerprint density at radius 2 is 1.18 bits per heavy atom. The van der Waals surface area contributed by atoms with Crippen LogP contribution in [0.5, 0.6) is 0 Å². The largest absolute Gasteiger partial charge is 0.460 e. The lowest BCUT2D eigenvalue weighted by Crippen LogP contribution is -2.74. The van der Waals surface area contributed by atoms with Crippen LogP contribution >= 0.6 is 22.6 Å². The summed E-state index contributed by atoms with van der Waals surface area (Å²) in [5.74, 6) is -54.6. The van der Waals surface area contributed by atoms with Gasteiger partial charge in [-0.3, -0.25) is 9.36 Å². The average molecular weight is 954 g/mol. The molecule has 22 heteroatoms. The summed E-state index contributed by atoms with van der Waals surface area (Å²) >= 11 is 1.76. The molecule has 1 aromatic heterocycles. The molecule has 55 heavy (non-hydrogen) atoms. The Morgan fingerprint density at radius 1 is 0.745 bits per heavy atom. The second-order valence-corrected chi connectivity index (χ2v) is 19.4. The highest BCUT2D eigenvalue weighted by Gasteiger charge is 2.95. The molecule has 3 nitrogen and oxygen atoms in total. The highest BCUT2D eigenvalue weighted by atomic mass is 127. The van der Waals surface area contributed by atoms with Crippen LogP contribution in [-0.4, -0.2) is 60.5 Å². The summed E-state index contributed by atoms with van der Waals surface area (Å²) in [5, 5.41) is 0. The van der Waals surface area contributed by atoms with Gasteiger partial charge in [-0.2, -0.15) is 74.6 Å². The Kier molecular flexibility index (Phi) is 14.1. The molecule has 0 aliphatic rings. The van der Waals surface area contributed by atoms with Gasteiger partial charge in [0.1, 0.15) is 0 Å². The Balaban J connectivity index is 2.73. The summed E-state index contributed by atoms with van der Waals surface area (Å²) in [5.41, 5.74) is -1.81. The molecule has 0 N–H and O–H groups in total. The first-order valence-electron chi connectivity index (χ1n) is 15.8. The van der Waals surface area contributed by atoms with Crippen molar-refractivity contribution in [1.29, 1.82) is 0 Å². The molecule has 0 radical (unpaired) electrons. The molecule has 0 fully saturated rings. The van der Waals surface area contributed by atoms with Crippen LogP contribution in [0.15, 0.2) is 41.2 Å². The topological polar surface area (TPSA) is 31.2 Å². The lowest BCUT2D eigenvalue weighted by atomic mass is 9.88. The second-order valence-electron chi connectivity index (χ2n) is 13.4. The Labute approximate surface area is 318 Å². The molecule has 0 bridgehead atoms. The van der Waals surface area contributed by atoms with Crippen LogP contribution in [0.4, 0.5) is 74.6 Å². The molecule has 0 spiro atoms. The van der Waals surface area contributed by atoms with Crippen LogP contribution < -0.4 is 5.56 Å². The van der Waals surface area contributed by atoms with E-state index in [-0.39, 0.29) is 27.8 Å². The summed E-state index contributed by atoms with van der Waals surface area (Å²) in [4.78, 5) is 13.3. The average Bonchev–Trinajstić information content (AvgIpc) is 3.05. The number of rotatable bonds is 17. The third kappa shape index (κ3) is 8.25. The molecule has 0 amide bonds. The fraction of sp³-hybridized carbons (Fsp3) is 0.606. The van der Waals surface area contributed by atoms with E-state index in [0.29, 0.717) is 5.56 Å². The van der Waals surface area contributed by atoms with Gasteiger partial charge in [0, 0.05) is 18.4 Å². The smallest absolute Gasteiger partial charge is 0.409 e. The minimum Gasteiger partial charge on any atom is -0.409 e. The van der Waals surface area contributed by atoms with Gasteiger partial charge in [-0.05, 0) is 63.8 Å². The minimum atomic E-state index is -8.70. The predicted molar refractivity (Wildman–Crippen MR) is 177 cm³/mol. The van der Waals surface area contributed by atoms with Gasteiger partial charge < -0.3 is 4.43 Å². The highest BCUT2D eigenvalue weighted by Crippen LogP contribution is 2.64. The number of terminal acetylenes is 1. The van der Waals surface area contributed by atoms with E-state index in [1.165, 1.54) is 45.3 Å². The van der Waals surface area contributed by atoms with Crippen molar-refractivity contribution in [3.8, 4) is 12.3 Å². The first-order valence-corrected chi connectivity index (χ1v) is 19.2. The summed E-state index contributed by atoms with van der Waals surface area (Å²) in [6.07, 6.45) is -6.49. The van der Waals surface area contributed by atoms with Gasteiger partial charge >= 0.3 is 47.6 Å². The van der Waals surface area contributed by atoms with Crippen LogP contribution in [0.25, 0.3) is 0 Å². The summed E-state index contributed by atoms with van der Waals surface area (Å²) < 4.78 is 246. The number of benzene rings is 1. The van der Waals surface area contributed by atoms with Gasteiger partial charge in [-0.15, -0.1) is 6.42 Å². The van der Waals surface area contributed by atoms with Crippen molar-refractivity contribution in [3.63, 3.8) is 0 Å². The van der Waals surface area contributed by atoms with Crippen LogP contribution in [0.2, 0.25) is 17.1 Å². The van der Waals surface area contributed by atoms with E-state index in [0.717, 1.165) is 0 Å². The first-order chi connectivity index (χ1) is 24.6. The molecule has 2 rings (SSSR count).